The predicted molar refractivity (Wildman–Crippen MR) is 100 cm³/mol. The van der Waals surface area contributed by atoms with Crippen molar-refractivity contribution < 1.29 is 14.0 Å². The summed E-state index contributed by atoms with van der Waals surface area (Å²) in [5, 5.41) is 2.96. The van der Waals surface area contributed by atoms with Crippen LogP contribution >= 0.6 is 0 Å². The number of nitrogens with zero attached hydrogens (tertiary/aromatic N) is 2. The minimum atomic E-state index is -0.135. The lowest BCUT2D eigenvalue weighted by molar-refractivity contribution is -0.140. The molecule has 2 aliphatic rings. The smallest absolute Gasteiger partial charge is 0.226 e. The molecule has 27 heavy (non-hydrogen) atoms. The molecule has 0 spiro atoms. The number of carbonyl (C=O) groups is 2. The van der Waals surface area contributed by atoms with Gasteiger partial charge in [0.2, 0.25) is 17.7 Å². The van der Waals surface area contributed by atoms with Gasteiger partial charge in [-0.05, 0) is 31.4 Å². The zero-order valence-corrected chi connectivity index (χ0v) is 15.4. The van der Waals surface area contributed by atoms with E-state index in [1.54, 1.807) is 6.26 Å². The zero-order valence-electron chi connectivity index (χ0n) is 15.4. The van der Waals surface area contributed by atoms with Gasteiger partial charge < -0.3 is 14.6 Å². The van der Waals surface area contributed by atoms with E-state index in [0.717, 1.165) is 18.4 Å². The van der Waals surface area contributed by atoms with Crippen LogP contribution in [0.15, 0.2) is 41.0 Å². The molecule has 142 valence electrons. The van der Waals surface area contributed by atoms with Crippen LogP contribution in [0, 0.1) is 5.92 Å². The maximum absolute atomic E-state index is 12.6. The molecule has 6 nitrogen and oxygen atoms in total. The summed E-state index contributed by atoms with van der Waals surface area (Å²) in [4.78, 5) is 31.2. The number of carbonyl (C=O) groups excluding carboxylic acids is 2. The maximum Gasteiger partial charge on any atom is 0.226 e. The summed E-state index contributed by atoms with van der Waals surface area (Å²) >= 11 is 0. The van der Waals surface area contributed by atoms with E-state index in [2.05, 4.69) is 10.3 Å². The number of hydrogen-bond donors (Lipinski definition) is 1. The second-order valence-electron chi connectivity index (χ2n) is 7.45. The van der Waals surface area contributed by atoms with Gasteiger partial charge in [0.15, 0.2) is 0 Å². The normalized spacial score (nSPS) is 20.8. The third kappa shape index (κ3) is 4.04. The van der Waals surface area contributed by atoms with Crippen LogP contribution in [-0.2, 0) is 16.1 Å². The summed E-state index contributed by atoms with van der Waals surface area (Å²) in [6.45, 7) is 0.881. The highest BCUT2D eigenvalue weighted by Crippen LogP contribution is 2.28. The molecule has 1 aliphatic carbocycles. The summed E-state index contributed by atoms with van der Waals surface area (Å²) in [7, 11) is 0. The number of piperidine rings is 1. The number of aromatic nitrogens is 1. The first-order chi connectivity index (χ1) is 13.2. The largest absolute Gasteiger partial charge is 0.444 e. The summed E-state index contributed by atoms with van der Waals surface area (Å²) in [5.41, 5.74) is 1.61. The molecule has 1 unspecified atom stereocenters. The van der Waals surface area contributed by atoms with Crippen molar-refractivity contribution in [1.29, 1.82) is 0 Å². The average Bonchev–Trinajstić information content (AvgIpc) is 3.39. The van der Waals surface area contributed by atoms with Crippen LogP contribution in [-0.4, -0.2) is 34.3 Å². The highest BCUT2D eigenvalue weighted by atomic mass is 16.3. The quantitative estimate of drug-likeness (QED) is 0.881. The first kappa shape index (κ1) is 17.8. The third-order valence-corrected chi connectivity index (χ3v) is 5.60. The Balaban J connectivity index is 1.33. The molecule has 1 aromatic carbocycles. The second-order valence-corrected chi connectivity index (χ2v) is 7.45. The summed E-state index contributed by atoms with van der Waals surface area (Å²) < 4.78 is 5.51. The minimum absolute atomic E-state index is 0.00485. The molecule has 2 fully saturated rings. The number of benzene rings is 1. The fourth-order valence-corrected chi connectivity index (χ4v) is 4.08. The van der Waals surface area contributed by atoms with E-state index in [9.17, 15) is 9.59 Å². The zero-order chi connectivity index (χ0) is 18.6. The van der Waals surface area contributed by atoms with E-state index >= 15 is 0 Å². The van der Waals surface area contributed by atoms with Crippen molar-refractivity contribution in [2.75, 3.05) is 6.54 Å². The molecule has 0 bridgehead atoms. The lowest BCUT2D eigenvalue weighted by Crippen LogP contribution is -2.49. The molecule has 1 atom stereocenters. The minimum Gasteiger partial charge on any atom is -0.444 e. The standard InChI is InChI=1S/C21H25N3O3/c25-19-11-10-16(13-24(19)18-8-4-5-9-18)20(26)22-12-17-14-27-21(23-17)15-6-2-1-3-7-15/h1-3,6-7,14,16,18H,4-5,8-13H2,(H,22,26). The Hall–Kier alpha value is -2.63. The average molecular weight is 367 g/mol. The fourth-order valence-electron chi connectivity index (χ4n) is 4.08. The van der Waals surface area contributed by atoms with Crippen molar-refractivity contribution >= 4 is 11.8 Å². The van der Waals surface area contributed by atoms with Gasteiger partial charge in [-0.25, -0.2) is 4.98 Å². The molecule has 2 amide bonds. The van der Waals surface area contributed by atoms with Crippen molar-refractivity contribution in [2.24, 2.45) is 5.92 Å². The van der Waals surface area contributed by atoms with Crippen LogP contribution in [0.4, 0.5) is 0 Å². The Morgan fingerprint density at radius 1 is 1.19 bits per heavy atom. The van der Waals surface area contributed by atoms with E-state index in [1.807, 2.05) is 35.2 Å². The molecule has 1 saturated carbocycles. The molecule has 4 rings (SSSR count). The van der Waals surface area contributed by atoms with E-state index in [-0.39, 0.29) is 17.7 Å². The van der Waals surface area contributed by atoms with E-state index in [0.29, 0.717) is 43.6 Å². The van der Waals surface area contributed by atoms with Crippen molar-refractivity contribution in [3.63, 3.8) is 0 Å². The van der Waals surface area contributed by atoms with Gasteiger partial charge in [-0.2, -0.15) is 0 Å². The molecule has 2 heterocycles. The SMILES string of the molecule is O=C(NCc1coc(-c2ccccc2)n1)C1CCC(=O)N(C2CCCC2)C1. The number of hydrogen-bond acceptors (Lipinski definition) is 4. The number of rotatable bonds is 5. The third-order valence-electron chi connectivity index (χ3n) is 5.60. The van der Waals surface area contributed by atoms with Gasteiger partial charge in [-0.1, -0.05) is 31.0 Å². The van der Waals surface area contributed by atoms with E-state index < -0.39 is 0 Å². The summed E-state index contributed by atoms with van der Waals surface area (Å²) in [6.07, 6.45) is 7.18. The van der Waals surface area contributed by atoms with Crippen LogP contribution < -0.4 is 5.32 Å². The van der Waals surface area contributed by atoms with Crippen molar-refractivity contribution in [1.82, 2.24) is 15.2 Å². The Morgan fingerprint density at radius 2 is 1.96 bits per heavy atom. The number of nitrogens with one attached hydrogen (secondary N) is 1. The van der Waals surface area contributed by atoms with Gasteiger partial charge in [-0.3, -0.25) is 9.59 Å². The second kappa shape index (κ2) is 7.94. The number of likely N-dealkylation sites (tertiary alicyclic amines) is 1. The molecular weight excluding hydrogens is 342 g/mol. The molecule has 1 N–H and O–H groups in total. The Kier molecular flexibility index (Phi) is 5.23. The Morgan fingerprint density at radius 3 is 2.74 bits per heavy atom. The molecule has 0 radical (unpaired) electrons. The van der Waals surface area contributed by atoms with Gasteiger partial charge in [-0.15, -0.1) is 0 Å². The maximum atomic E-state index is 12.6. The highest BCUT2D eigenvalue weighted by Gasteiger charge is 2.35. The van der Waals surface area contributed by atoms with Crippen LogP contribution in [0.1, 0.15) is 44.2 Å². The van der Waals surface area contributed by atoms with Crippen LogP contribution in [0.3, 0.4) is 0 Å². The van der Waals surface area contributed by atoms with Crippen molar-refractivity contribution in [3.8, 4) is 11.5 Å². The van der Waals surface area contributed by atoms with Gasteiger partial charge in [0.05, 0.1) is 18.2 Å². The van der Waals surface area contributed by atoms with Gasteiger partial charge in [0.1, 0.15) is 6.26 Å². The van der Waals surface area contributed by atoms with Crippen molar-refractivity contribution in [3.05, 3.63) is 42.3 Å². The fraction of sp³-hybridized carbons (Fsp3) is 0.476. The molecule has 1 aromatic heterocycles. The van der Waals surface area contributed by atoms with Crippen molar-refractivity contribution in [2.45, 2.75) is 51.1 Å². The molecule has 1 aliphatic heterocycles. The molecular formula is C21H25N3O3. The first-order valence-corrected chi connectivity index (χ1v) is 9.78. The van der Waals surface area contributed by atoms with Gasteiger partial charge >= 0.3 is 0 Å². The van der Waals surface area contributed by atoms with Crippen LogP contribution in [0.2, 0.25) is 0 Å². The summed E-state index contributed by atoms with van der Waals surface area (Å²) in [6, 6.07) is 10.0. The molecule has 6 heteroatoms. The van der Waals surface area contributed by atoms with Gasteiger partial charge in [0.25, 0.3) is 0 Å². The Bertz CT molecular complexity index is 796. The van der Waals surface area contributed by atoms with Crippen LogP contribution in [0.5, 0.6) is 0 Å². The molecule has 1 saturated heterocycles. The highest BCUT2D eigenvalue weighted by molar-refractivity contribution is 5.84. The molecule has 2 aromatic rings. The topological polar surface area (TPSA) is 75.4 Å². The number of amides is 2. The summed E-state index contributed by atoms with van der Waals surface area (Å²) in [5.74, 6) is 0.615. The lowest BCUT2D eigenvalue weighted by atomic mass is 9.95. The predicted octanol–water partition coefficient (Wildman–Crippen LogP) is 3.14. The van der Waals surface area contributed by atoms with Gasteiger partial charge in [0, 0.05) is 24.6 Å². The van der Waals surface area contributed by atoms with E-state index in [1.165, 1.54) is 12.8 Å². The first-order valence-electron chi connectivity index (χ1n) is 9.78. The lowest BCUT2D eigenvalue weighted by Gasteiger charge is -2.36. The monoisotopic (exact) mass is 367 g/mol. The van der Waals surface area contributed by atoms with E-state index in [4.69, 9.17) is 4.42 Å². The Labute approximate surface area is 159 Å². The van der Waals surface area contributed by atoms with Crippen LogP contribution in [0.25, 0.3) is 11.5 Å². The number of oxazole rings is 1.